The third kappa shape index (κ3) is 4.52. The van der Waals surface area contributed by atoms with Crippen LogP contribution in [0.25, 0.3) is 0 Å². The second-order valence-electron chi connectivity index (χ2n) is 3.92. The fraction of sp³-hybridized carbons (Fsp3) is 0.455. The quantitative estimate of drug-likeness (QED) is 0.502. The number of nitrogen functional groups attached to an aromatic ring is 1. The molecule has 0 aliphatic carbocycles. The average molecular weight is 273 g/mol. The maximum absolute atomic E-state index is 11.2. The van der Waals surface area contributed by atoms with E-state index >= 15 is 0 Å². The van der Waals surface area contributed by atoms with Gasteiger partial charge >= 0.3 is 0 Å². The van der Waals surface area contributed by atoms with E-state index in [0.717, 1.165) is 31.7 Å². The van der Waals surface area contributed by atoms with Crippen LogP contribution < -0.4 is 16.2 Å². The zero-order chi connectivity index (χ0) is 13.6. The summed E-state index contributed by atoms with van der Waals surface area (Å²) in [6.07, 6.45) is 1.93. The summed E-state index contributed by atoms with van der Waals surface area (Å²) in [7, 11) is -2.09. The first kappa shape index (κ1) is 14.7. The maximum Gasteiger partial charge on any atom is 0.240 e. The number of nitrogens with two attached hydrogens (primary N) is 2. The Labute approximate surface area is 107 Å². The van der Waals surface area contributed by atoms with Crippen molar-refractivity contribution in [3.8, 4) is 0 Å². The van der Waals surface area contributed by atoms with Crippen molar-refractivity contribution in [2.75, 3.05) is 31.3 Å². The fourth-order valence-corrected chi connectivity index (χ4v) is 2.17. The highest BCUT2D eigenvalue weighted by Crippen LogP contribution is 2.21. The molecule has 0 spiro atoms. The summed E-state index contributed by atoms with van der Waals surface area (Å²) in [5.41, 5.74) is 6.57. The molecule has 1 rings (SSSR count). The van der Waals surface area contributed by atoms with Gasteiger partial charge in [-0.1, -0.05) is 0 Å². The molecule has 0 amide bonds. The predicted molar refractivity (Wildman–Crippen MR) is 71.8 cm³/mol. The molecule has 18 heavy (non-hydrogen) atoms. The number of rotatable bonds is 7. The van der Waals surface area contributed by atoms with Gasteiger partial charge in [-0.15, -0.1) is 0 Å². The number of primary sulfonamides is 1. The van der Waals surface area contributed by atoms with E-state index in [0.29, 0.717) is 0 Å². The minimum absolute atomic E-state index is 0.0487. The van der Waals surface area contributed by atoms with E-state index in [1.165, 1.54) is 6.07 Å². The van der Waals surface area contributed by atoms with E-state index in [9.17, 15) is 8.42 Å². The van der Waals surface area contributed by atoms with E-state index in [1.807, 2.05) is 0 Å². The minimum atomic E-state index is -3.75. The Kier molecular flexibility index (Phi) is 5.39. The van der Waals surface area contributed by atoms with Gasteiger partial charge in [0, 0.05) is 25.9 Å². The Balaban J connectivity index is 2.57. The third-order valence-corrected chi connectivity index (χ3v) is 3.41. The zero-order valence-electron chi connectivity index (χ0n) is 10.3. The van der Waals surface area contributed by atoms with Crippen molar-refractivity contribution >= 4 is 21.4 Å². The van der Waals surface area contributed by atoms with Gasteiger partial charge in [0.1, 0.15) is 4.90 Å². The predicted octanol–water partition coefficient (Wildman–Crippen LogP) is 0.755. The van der Waals surface area contributed by atoms with Crippen molar-refractivity contribution in [2.24, 2.45) is 5.14 Å². The lowest BCUT2D eigenvalue weighted by atomic mass is 10.2. The van der Waals surface area contributed by atoms with Crippen LogP contribution in [0.2, 0.25) is 0 Å². The van der Waals surface area contributed by atoms with E-state index < -0.39 is 10.0 Å². The van der Waals surface area contributed by atoms with Crippen LogP contribution in [0.3, 0.4) is 0 Å². The molecule has 0 saturated heterocycles. The van der Waals surface area contributed by atoms with Crippen LogP contribution in [0.4, 0.5) is 11.4 Å². The number of methoxy groups -OCH3 is 1. The Bertz CT molecular complexity index is 488. The molecule has 0 radical (unpaired) electrons. The van der Waals surface area contributed by atoms with Gasteiger partial charge in [0.2, 0.25) is 10.0 Å². The smallest absolute Gasteiger partial charge is 0.240 e. The molecule has 0 aliphatic rings. The van der Waals surface area contributed by atoms with Gasteiger partial charge in [0.15, 0.2) is 0 Å². The molecule has 0 bridgehead atoms. The van der Waals surface area contributed by atoms with Crippen molar-refractivity contribution < 1.29 is 13.2 Å². The summed E-state index contributed by atoms with van der Waals surface area (Å²) >= 11 is 0. The number of sulfonamides is 1. The molecule has 0 aliphatic heterocycles. The molecular weight excluding hydrogens is 254 g/mol. The lowest BCUT2D eigenvalue weighted by molar-refractivity contribution is 0.194. The number of hydrogen-bond acceptors (Lipinski definition) is 5. The molecule has 6 nitrogen and oxygen atoms in total. The highest BCUT2D eigenvalue weighted by Gasteiger charge is 2.11. The summed E-state index contributed by atoms with van der Waals surface area (Å²) < 4.78 is 27.3. The van der Waals surface area contributed by atoms with Gasteiger partial charge in [0.05, 0.1) is 5.69 Å². The van der Waals surface area contributed by atoms with Gasteiger partial charge in [-0.3, -0.25) is 0 Å². The van der Waals surface area contributed by atoms with Crippen molar-refractivity contribution in [2.45, 2.75) is 17.7 Å². The molecule has 5 N–H and O–H groups in total. The molecule has 1 aromatic carbocycles. The average Bonchev–Trinajstić information content (AvgIpc) is 2.27. The summed E-state index contributed by atoms with van der Waals surface area (Å²) in [5, 5.41) is 8.17. The van der Waals surface area contributed by atoms with Gasteiger partial charge in [-0.25, -0.2) is 13.6 Å². The van der Waals surface area contributed by atoms with Gasteiger partial charge in [0.25, 0.3) is 0 Å². The monoisotopic (exact) mass is 273 g/mol. The Morgan fingerprint density at radius 2 is 2.06 bits per heavy atom. The minimum Gasteiger partial charge on any atom is -0.398 e. The Hall–Kier alpha value is -1.31. The summed E-state index contributed by atoms with van der Waals surface area (Å²) in [6.45, 7) is 1.51. The lowest BCUT2D eigenvalue weighted by Crippen LogP contribution is -2.14. The maximum atomic E-state index is 11.2. The Morgan fingerprint density at radius 3 is 2.61 bits per heavy atom. The number of benzene rings is 1. The number of anilines is 2. The van der Waals surface area contributed by atoms with Crippen molar-refractivity contribution in [3.63, 3.8) is 0 Å². The normalized spacial score (nSPS) is 11.4. The van der Waals surface area contributed by atoms with Crippen LogP contribution in [-0.4, -0.2) is 28.7 Å². The number of ether oxygens (including phenoxy) is 1. The molecule has 1 aromatic rings. The van der Waals surface area contributed by atoms with E-state index in [4.69, 9.17) is 15.6 Å². The first-order valence-electron chi connectivity index (χ1n) is 5.60. The number of hydrogen-bond donors (Lipinski definition) is 3. The second kappa shape index (κ2) is 6.58. The first-order valence-corrected chi connectivity index (χ1v) is 7.15. The largest absolute Gasteiger partial charge is 0.398 e. The van der Waals surface area contributed by atoms with E-state index in [2.05, 4.69) is 5.32 Å². The van der Waals surface area contributed by atoms with E-state index in [1.54, 1.807) is 19.2 Å². The molecule has 0 heterocycles. The topological polar surface area (TPSA) is 107 Å². The van der Waals surface area contributed by atoms with Gasteiger partial charge in [-0.05, 0) is 31.0 Å². The van der Waals surface area contributed by atoms with Crippen LogP contribution in [0.15, 0.2) is 23.1 Å². The summed E-state index contributed by atoms with van der Waals surface area (Å²) in [5.74, 6) is 0. The number of unbranched alkanes of at least 4 members (excludes halogenated alkanes) is 1. The second-order valence-corrected chi connectivity index (χ2v) is 5.45. The van der Waals surface area contributed by atoms with Crippen molar-refractivity contribution in [1.29, 1.82) is 0 Å². The van der Waals surface area contributed by atoms with Crippen LogP contribution in [-0.2, 0) is 14.8 Å². The van der Waals surface area contributed by atoms with Crippen molar-refractivity contribution in [1.82, 2.24) is 0 Å². The lowest BCUT2D eigenvalue weighted by Gasteiger charge is -2.09. The SMILES string of the molecule is COCCCCNc1ccc(S(N)(=O)=O)c(N)c1. The highest BCUT2D eigenvalue weighted by molar-refractivity contribution is 7.89. The molecular formula is C11H19N3O3S. The molecule has 0 atom stereocenters. The van der Waals surface area contributed by atoms with Crippen LogP contribution in [0.5, 0.6) is 0 Å². The first-order chi connectivity index (χ1) is 8.45. The highest BCUT2D eigenvalue weighted by atomic mass is 32.2. The Morgan fingerprint density at radius 1 is 1.33 bits per heavy atom. The van der Waals surface area contributed by atoms with Gasteiger partial charge < -0.3 is 15.8 Å². The standard InChI is InChI=1S/C11H19N3O3S/c1-17-7-3-2-6-14-9-4-5-11(10(12)8-9)18(13,15)16/h4-5,8,14H,2-3,6-7,12H2,1H3,(H2,13,15,16). The molecule has 0 fully saturated rings. The zero-order valence-corrected chi connectivity index (χ0v) is 11.2. The fourth-order valence-electron chi connectivity index (χ4n) is 1.52. The van der Waals surface area contributed by atoms with Crippen molar-refractivity contribution in [3.05, 3.63) is 18.2 Å². The molecule has 0 unspecified atom stereocenters. The number of nitrogens with one attached hydrogen (secondary N) is 1. The van der Waals surface area contributed by atoms with Crippen LogP contribution >= 0.6 is 0 Å². The molecule has 0 saturated carbocycles. The summed E-state index contributed by atoms with van der Waals surface area (Å²) in [4.78, 5) is -0.0487. The van der Waals surface area contributed by atoms with Crippen LogP contribution in [0, 0.1) is 0 Å². The molecule has 7 heteroatoms. The van der Waals surface area contributed by atoms with E-state index in [-0.39, 0.29) is 10.6 Å². The summed E-state index contributed by atoms with van der Waals surface area (Å²) in [6, 6.07) is 4.62. The van der Waals surface area contributed by atoms with Crippen LogP contribution in [0.1, 0.15) is 12.8 Å². The molecule has 0 aromatic heterocycles. The molecule has 102 valence electrons. The third-order valence-electron chi connectivity index (χ3n) is 2.42. The van der Waals surface area contributed by atoms with Gasteiger partial charge in [-0.2, -0.15) is 0 Å².